The molecule has 1 fully saturated rings. The van der Waals surface area contributed by atoms with Crippen LogP contribution in [-0.2, 0) is 6.54 Å². The number of carbonyl (C=O) groups is 1. The predicted octanol–water partition coefficient (Wildman–Crippen LogP) is 3.67. The SMILES string of the molecule is CC[C@@H](NC(=O)N1CCN(Cc2ccccc2OC)CC1)c1ccccc1. The molecule has 0 aliphatic carbocycles. The number of hydrogen-bond acceptors (Lipinski definition) is 3. The number of urea groups is 1. The smallest absolute Gasteiger partial charge is 0.317 e. The zero-order valence-electron chi connectivity index (χ0n) is 16.2. The van der Waals surface area contributed by atoms with Gasteiger partial charge in [-0.15, -0.1) is 0 Å². The molecule has 144 valence electrons. The monoisotopic (exact) mass is 367 g/mol. The van der Waals surface area contributed by atoms with E-state index in [1.165, 1.54) is 5.56 Å². The molecular formula is C22H29N3O2. The molecule has 0 aromatic heterocycles. The molecule has 2 aromatic carbocycles. The molecule has 1 aliphatic rings. The Hall–Kier alpha value is -2.53. The van der Waals surface area contributed by atoms with Crippen LogP contribution < -0.4 is 10.1 Å². The van der Waals surface area contributed by atoms with Gasteiger partial charge in [-0.2, -0.15) is 0 Å². The highest BCUT2D eigenvalue weighted by atomic mass is 16.5. The van der Waals surface area contributed by atoms with Crippen molar-refractivity contribution in [1.29, 1.82) is 0 Å². The Bertz CT molecular complexity index is 727. The lowest BCUT2D eigenvalue weighted by molar-refractivity contribution is 0.132. The minimum Gasteiger partial charge on any atom is -0.496 e. The molecule has 1 N–H and O–H groups in total. The van der Waals surface area contributed by atoms with E-state index >= 15 is 0 Å². The van der Waals surface area contributed by atoms with Crippen molar-refractivity contribution in [1.82, 2.24) is 15.1 Å². The average Bonchev–Trinajstić information content (AvgIpc) is 2.73. The van der Waals surface area contributed by atoms with Gasteiger partial charge in [-0.25, -0.2) is 4.79 Å². The average molecular weight is 367 g/mol. The summed E-state index contributed by atoms with van der Waals surface area (Å²) in [6.07, 6.45) is 0.878. The van der Waals surface area contributed by atoms with Crippen LogP contribution in [0.25, 0.3) is 0 Å². The van der Waals surface area contributed by atoms with Crippen molar-refractivity contribution in [2.24, 2.45) is 0 Å². The number of piperazine rings is 1. The molecule has 1 heterocycles. The highest BCUT2D eigenvalue weighted by molar-refractivity contribution is 5.74. The van der Waals surface area contributed by atoms with Crippen LogP contribution in [0.2, 0.25) is 0 Å². The Kier molecular flexibility index (Phi) is 6.71. The van der Waals surface area contributed by atoms with Crippen molar-refractivity contribution in [2.45, 2.75) is 25.9 Å². The fraction of sp³-hybridized carbons (Fsp3) is 0.409. The normalized spacial score (nSPS) is 16.0. The lowest BCUT2D eigenvalue weighted by Crippen LogP contribution is -2.51. The number of nitrogens with zero attached hydrogens (tertiary/aromatic N) is 2. The zero-order chi connectivity index (χ0) is 19.1. The Morgan fingerprint density at radius 2 is 1.70 bits per heavy atom. The summed E-state index contributed by atoms with van der Waals surface area (Å²) in [6, 6.07) is 18.4. The van der Waals surface area contributed by atoms with Crippen LogP contribution in [0, 0.1) is 0 Å². The Morgan fingerprint density at radius 3 is 2.37 bits per heavy atom. The van der Waals surface area contributed by atoms with Crippen molar-refractivity contribution in [3.8, 4) is 5.75 Å². The van der Waals surface area contributed by atoms with Crippen LogP contribution in [0.3, 0.4) is 0 Å². The molecule has 0 spiro atoms. The van der Waals surface area contributed by atoms with Crippen LogP contribution in [0.1, 0.15) is 30.5 Å². The number of nitrogens with one attached hydrogen (secondary N) is 1. The van der Waals surface area contributed by atoms with Crippen molar-refractivity contribution in [3.05, 3.63) is 65.7 Å². The van der Waals surface area contributed by atoms with Crippen LogP contribution in [0.15, 0.2) is 54.6 Å². The molecule has 1 aliphatic heterocycles. The maximum Gasteiger partial charge on any atom is 0.317 e. The number of rotatable bonds is 6. The number of carbonyl (C=O) groups excluding carboxylic acids is 1. The summed E-state index contributed by atoms with van der Waals surface area (Å²) in [5.41, 5.74) is 2.34. The molecule has 0 radical (unpaired) electrons. The number of benzene rings is 2. The fourth-order valence-electron chi connectivity index (χ4n) is 3.53. The van der Waals surface area contributed by atoms with E-state index in [0.29, 0.717) is 0 Å². The third-order valence-corrected chi connectivity index (χ3v) is 5.15. The van der Waals surface area contributed by atoms with Crippen LogP contribution in [0.5, 0.6) is 5.75 Å². The fourth-order valence-corrected chi connectivity index (χ4v) is 3.53. The summed E-state index contributed by atoms with van der Waals surface area (Å²) >= 11 is 0. The van der Waals surface area contributed by atoms with Gasteiger partial charge in [0.15, 0.2) is 0 Å². The molecule has 5 heteroatoms. The molecule has 0 saturated carbocycles. The van der Waals surface area contributed by atoms with Gasteiger partial charge in [0.05, 0.1) is 13.2 Å². The molecule has 2 amide bonds. The van der Waals surface area contributed by atoms with Gasteiger partial charge in [-0.05, 0) is 18.1 Å². The number of hydrogen-bond donors (Lipinski definition) is 1. The van der Waals surface area contributed by atoms with Gasteiger partial charge in [0.2, 0.25) is 0 Å². The van der Waals surface area contributed by atoms with E-state index in [1.807, 2.05) is 41.3 Å². The third kappa shape index (κ3) is 5.01. The van der Waals surface area contributed by atoms with Crippen molar-refractivity contribution in [3.63, 3.8) is 0 Å². The molecule has 1 saturated heterocycles. The minimum atomic E-state index is 0.0302. The van der Waals surface area contributed by atoms with Crippen molar-refractivity contribution < 1.29 is 9.53 Å². The second kappa shape index (κ2) is 9.42. The number of amides is 2. The van der Waals surface area contributed by atoms with Gasteiger partial charge in [0.25, 0.3) is 0 Å². The second-order valence-corrected chi connectivity index (χ2v) is 6.90. The van der Waals surface area contributed by atoms with E-state index in [2.05, 4.69) is 35.3 Å². The zero-order valence-corrected chi connectivity index (χ0v) is 16.2. The summed E-state index contributed by atoms with van der Waals surface area (Å²) in [5.74, 6) is 0.923. The summed E-state index contributed by atoms with van der Waals surface area (Å²) in [5, 5.41) is 3.18. The maximum absolute atomic E-state index is 12.7. The van der Waals surface area contributed by atoms with Gasteiger partial charge in [-0.1, -0.05) is 55.5 Å². The summed E-state index contributed by atoms with van der Waals surface area (Å²) in [4.78, 5) is 17.0. The number of methoxy groups -OCH3 is 1. The molecule has 2 aromatic rings. The number of ether oxygens (including phenoxy) is 1. The molecule has 1 atom stereocenters. The maximum atomic E-state index is 12.7. The highest BCUT2D eigenvalue weighted by Crippen LogP contribution is 2.20. The quantitative estimate of drug-likeness (QED) is 0.847. The van der Waals surface area contributed by atoms with E-state index in [0.717, 1.165) is 50.5 Å². The lowest BCUT2D eigenvalue weighted by atomic mass is 10.1. The Morgan fingerprint density at radius 1 is 1.04 bits per heavy atom. The van der Waals surface area contributed by atoms with Gasteiger partial charge >= 0.3 is 6.03 Å². The molecule has 0 unspecified atom stereocenters. The van der Waals surface area contributed by atoms with E-state index in [4.69, 9.17) is 4.74 Å². The Balaban J connectivity index is 1.52. The Labute approximate surface area is 161 Å². The summed E-state index contributed by atoms with van der Waals surface area (Å²) in [7, 11) is 1.71. The topological polar surface area (TPSA) is 44.8 Å². The lowest BCUT2D eigenvalue weighted by Gasteiger charge is -2.35. The van der Waals surface area contributed by atoms with Crippen LogP contribution in [0.4, 0.5) is 4.79 Å². The molecule has 27 heavy (non-hydrogen) atoms. The molecule has 0 bridgehead atoms. The van der Waals surface area contributed by atoms with E-state index in [-0.39, 0.29) is 12.1 Å². The first-order chi connectivity index (χ1) is 13.2. The first-order valence-corrected chi connectivity index (χ1v) is 9.66. The number of para-hydroxylation sites is 1. The molecule has 3 rings (SSSR count). The minimum absolute atomic E-state index is 0.0302. The van der Waals surface area contributed by atoms with Crippen molar-refractivity contribution in [2.75, 3.05) is 33.3 Å². The summed E-state index contributed by atoms with van der Waals surface area (Å²) in [6.45, 7) is 6.17. The first-order valence-electron chi connectivity index (χ1n) is 9.66. The molecular weight excluding hydrogens is 338 g/mol. The predicted molar refractivity (Wildman–Crippen MR) is 108 cm³/mol. The van der Waals surface area contributed by atoms with Gasteiger partial charge < -0.3 is 15.0 Å². The van der Waals surface area contributed by atoms with E-state index in [1.54, 1.807) is 7.11 Å². The third-order valence-electron chi connectivity index (χ3n) is 5.15. The largest absolute Gasteiger partial charge is 0.496 e. The first kappa shape index (κ1) is 19.2. The van der Waals surface area contributed by atoms with Gasteiger partial charge in [0, 0.05) is 38.3 Å². The standard InChI is InChI=1S/C22H29N3O2/c1-3-20(18-9-5-4-6-10-18)23-22(26)25-15-13-24(14-16-25)17-19-11-7-8-12-21(19)27-2/h4-12,20H,3,13-17H2,1-2H3,(H,23,26)/t20-/m1/s1. The highest BCUT2D eigenvalue weighted by Gasteiger charge is 2.23. The summed E-state index contributed by atoms with van der Waals surface area (Å²) < 4.78 is 5.44. The van der Waals surface area contributed by atoms with E-state index in [9.17, 15) is 4.79 Å². The van der Waals surface area contributed by atoms with Crippen LogP contribution in [-0.4, -0.2) is 49.1 Å². The van der Waals surface area contributed by atoms with E-state index < -0.39 is 0 Å². The van der Waals surface area contributed by atoms with Crippen molar-refractivity contribution >= 4 is 6.03 Å². The van der Waals surface area contributed by atoms with Gasteiger partial charge in [-0.3, -0.25) is 4.90 Å². The van der Waals surface area contributed by atoms with Crippen LogP contribution >= 0.6 is 0 Å². The molecule has 5 nitrogen and oxygen atoms in total. The second-order valence-electron chi connectivity index (χ2n) is 6.90. The van der Waals surface area contributed by atoms with Gasteiger partial charge in [0.1, 0.15) is 5.75 Å².